The van der Waals surface area contributed by atoms with Gasteiger partial charge in [0.25, 0.3) is 0 Å². The first-order valence-corrected chi connectivity index (χ1v) is 3.95. The molecule has 0 atom stereocenters. The topological polar surface area (TPSA) is 41.1 Å². The molecule has 0 aromatic heterocycles. The van der Waals surface area contributed by atoms with Crippen molar-refractivity contribution in [3.05, 3.63) is 29.0 Å². The number of amides is 2. The number of rotatable bonds is 1. The van der Waals surface area contributed by atoms with Gasteiger partial charge in [-0.1, -0.05) is 11.6 Å². The Morgan fingerprint density at radius 3 is 2.85 bits per heavy atom. The van der Waals surface area contributed by atoms with Crippen LogP contribution in [-0.4, -0.2) is 13.1 Å². The lowest BCUT2D eigenvalue weighted by molar-refractivity contribution is 0.254. The van der Waals surface area contributed by atoms with Crippen molar-refractivity contribution >= 4 is 23.3 Å². The fraction of sp³-hybridized carbons (Fsp3) is 0.125. The zero-order chi connectivity index (χ0) is 9.84. The van der Waals surface area contributed by atoms with Crippen molar-refractivity contribution in [3.63, 3.8) is 0 Å². The quantitative estimate of drug-likeness (QED) is 0.721. The molecule has 1 aromatic carbocycles. The van der Waals surface area contributed by atoms with Crippen LogP contribution < -0.4 is 10.6 Å². The Morgan fingerprint density at radius 2 is 2.23 bits per heavy atom. The normalized spacial score (nSPS) is 9.46. The Balaban J connectivity index is 2.87. The number of hydrogen-bond donors (Lipinski definition) is 2. The van der Waals surface area contributed by atoms with E-state index in [1.54, 1.807) is 0 Å². The van der Waals surface area contributed by atoms with E-state index in [2.05, 4.69) is 10.6 Å². The predicted molar refractivity (Wildman–Crippen MR) is 49.5 cm³/mol. The summed E-state index contributed by atoms with van der Waals surface area (Å²) < 4.78 is 12.7. The highest BCUT2D eigenvalue weighted by Gasteiger charge is 2.04. The average molecular weight is 203 g/mol. The van der Waals surface area contributed by atoms with Gasteiger partial charge in [0.15, 0.2) is 0 Å². The van der Waals surface area contributed by atoms with Crippen LogP contribution in [0.4, 0.5) is 14.9 Å². The van der Waals surface area contributed by atoms with Crippen molar-refractivity contribution in [2.24, 2.45) is 0 Å². The smallest absolute Gasteiger partial charge is 0.319 e. The van der Waals surface area contributed by atoms with E-state index in [1.807, 2.05) is 0 Å². The second-order valence-electron chi connectivity index (χ2n) is 2.33. The van der Waals surface area contributed by atoms with E-state index in [0.717, 1.165) is 6.07 Å². The molecule has 3 nitrogen and oxygen atoms in total. The minimum absolute atomic E-state index is 0.251. The molecule has 2 amide bonds. The third-order valence-electron chi connectivity index (χ3n) is 1.40. The Kier molecular flexibility index (Phi) is 3.08. The molecule has 0 aliphatic rings. The van der Waals surface area contributed by atoms with Crippen LogP contribution in [0.3, 0.4) is 0 Å². The third-order valence-corrected chi connectivity index (χ3v) is 1.73. The van der Waals surface area contributed by atoms with Crippen molar-refractivity contribution in [2.45, 2.75) is 0 Å². The van der Waals surface area contributed by atoms with Gasteiger partial charge in [-0.25, -0.2) is 9.18 Å². The van der Waals surface area contributed by atoms with Gasteiger partial charge >= 0.3 is 6.03 Å². The van der Waals surface area contributed by atoms with Crippen molar-refractivity contribution in [2.75, 3.05) is 12.4 Å². The van der Waals surface area contributed by atoms with E-state index in [0.29, 0.717) is 5.02 Å². The summed E-state index contributed by atoms with van der Waals surface area (Å²) in [5.74, 6) is -0.448. The van der Waals surface area contributed by atoms with Crippen molar-refractivity contribution in [1.29, 1.82) is 0 Å². The summed E-state index contributed by atoms with van der Waals surface area (Å²) in [6.45, 7) is 0. The molecular weight excluding hydrogens is 195 g/mol. The molecule has 0 saturated heterocycles. The standard InChI is InChI=1S/C8H8ClFN2O/c1-11-8(13)12-7-4-5(10)2-3-6(7)9/h2-4H,1H3,(H2,11,12,13). The highest BCUT2D eigenvalue weighted by Crippen LogP contribution is 2.21. The second-order valence-corrected chi connectivity index (χ2v) is 2.74. The minimum Gasteiger partial charge on any atom is -0.341 e. The SMILES string of the molecule is CNC(=O)Nc1cc(F)ccc1Cl. The average Bonchev–Trinajstić information content (AvgIpc) is 2.11. The van der Waals surface area contributed by atoms with E-state index in [9.17, 15) is 9.18 Å². The molecule has 1 aromatic rings. The highest BCUT2D eigenvalue weighted by atomic mass is 35.5. The molecule has 13 heavy (non-hydrogen) atoms. The molecule has 0 unspecified atom stereocenters. The Bertz CT molecular complexity index is 330. The van der Waals surface area contributed by atoms with E-state index >= 15 is 0 Å². The van der Waals surface area contributed by atoms with Crippen LogP contribution >= 0.6 is 11.6 Å². The van der Waals surface area contributed by atoms with Crippen molar-refractivity contribution in [1.82, 2.24) is 5.32 Å². The molecule has 2 N–H and O–H groups in total. The van der Waals surface area contributed by atoms with Gasteiger partial charge < -0.3 is 10.6 Å². The lowest BCUT2D eigenvalue weighted by atomic mass is 10.3. The number of halogens is 2. The molecule has 1 rings (SSSR count). The van der Waals surface area contributed by atoms with Gasteiger partial charge in [-0.3, -0.25) is 0 Å². The minimum atomic E-state index is -0.448. The van der Waals surface area contributed by atoms with Crippen molar-refractivity contribution in [3.8, 4) is 0 Å². The first kappa shape index (κ1) is 9.80. The zero-order valence-electron chi connectivity index (χ0n) is 6.90. The van der Waals surface area contributed by atoms with Crippen LogP contribution in [-0.2, 0) is 0 Å². The Hall–Kier alpha value is -1.29. The summed E-state index contributed by atoms with van der Waals surface area (Å²) in [5, 5.41) is 5.00. The maximum atomic E-state index is 12.7. The van der Waals surface area contributed by atoms with E-state index < -0.39 is 11.8 Å². The Morgan fingerprint density at radius 1 is 1.54 bits per heavy atom. The summed E-state index contributed by atoms with van der Waals surface area (Å²) >= 11 is 5.69. The van der Waals surface area contributed by atoms with E-state index in [4.69, 9.17) is 11.6 Å². The first-order valence-electron chi connectivity index (χ1n) is 3.57. The summed E-state index contributed by atoms with van der Waals surface area (Å²) in [4.78, 5) is 10.8. The highest BCUT2D eigenvalue weighted by molar-refractivity contribution is 6.33. The van der Waals surface area contributed by atoms with Gasteiger partial charge in [-0.05, 0) is 18.2 Å². The number of carbonyl (C=O) groups excluding carboxylic acids is 1. The number of hydrogen-bond acceptors (Lipinski definition) is 1. The van der Waals surface area contributed by atoms with Crippen LogP contribution in [0, 0.1) is 5.82 Å². The summed E-state index contributed by atoms with van der Waals surface area (Å²) in [5.41, 5.74) is 0.251. The molecule has 0 saturated carbocycles. The lowest BCUT2D eigenvalue weighted by Crippen LogP contribution is -2.24. The molecule has 0 aliphatic carbocycles. The number of benzene rings is 1. The van der Waals surface area contributed by atoms with Gasteiger partial charge in [-0.2, -0.15) is 0 Å². The molecule has 5 heteroatoms. The zero-order valence-corrected chi connectivity index (χ0v) is 7.65. The number of anilines is 1. The molecule has 0 spiro atoms. The molecular formula is C8H8ClFN2O. The van der Waals surface area contributed by atoms with Crippen LogP contribution in [0.5, 0.6) is 0 Å². The van der Waals surface area contributed by atoms with Gasteiger partial charge in [0.05, 0.1) is 10.7 Å². The number of carbonyl (C=O) groups is 1. The molecule has 0 bridgehead atoms. The second kappa shape index (κ2) is 4.09. The van der Waals surface area contributed by atoms with Gasteiger partial charge in [-0.15, -0.1) is 0 Å². The van der Waals surface area contributed by atoms with Crippen LogP contribution in [0.15, 0.2) is 18.2 Å². The summed E-state index contributed by atoms with van der Waals surface area (Å²) in [6.07, 6.45) is 0. The monoisotopic (exact) mass is 202 g/mol. The maximum Gasteiger partial charge on any atom is 0.319 e. The van der Waals surface area contributed by atoms with Gasteiger partial charge in [0.1, 0.15) is 5.82 Å². The van der Waals surface area contributed by atoms with Crippen LogP contribution in [0.25, 0.3) is 0 Å². The first-order chi connectivity index (χ1) is 6.13. The maximum absolute atomic E-state index is 12.7. The van der Waals surface area contributed by atoms with Crippen LogP contribution in [0.1, 0.15) is 0 Å². The third kappa shape index (κ3) is 2.59. The lowest BCUT2D eigenvalue weighted by Gasteiger charge is -2.05. The summed E-state index contributed by atoms with van der Waals surface area (Å²) in [6, 6.07) is 3.31. The predicted octanol–water partition coefficient (Wildman–Crippen LogP) is 2.23. The van der Waals surface area contributed by atoms with Gasteiger partial charge in [0, 0.05) is 7.05 Å². The van der Waals surface area contributed by atoms with E-state index in [1.165, 1.54) is 19.2 Å². The number of urea groups is 1. The molecule has 0 fully saturated rings. The largest absolute Gasteiger partial charge is 0.341 e. The summed E-state index contributed by atoms with van der Waals surface area (Å²) in [7, 11) is 1.46. The molecule has 0 aliphatic heterocycles. The molecule has 0 heterocycles. The Labute approximate surface area is 79.9 Å². The van der Waals surface area contributed by atoms with Crippen LogP contribution in [0.2, 0.25) is 5.02 Å². The fourth-order valence-corrected chi connectivity index (χ4v) is 0.943. The van der Waals surface area contributed by atoms with E-state index in [-0.39, 0.29) is 5.69 Å². The molecule has 0 radical (unpaired) electrons. The fourth-order valence-electron chi connectivity index (χ4n) is 0.778. The van der Waals surface area contributed by atoms with Crippen molar-refractivity contribution < 1.29 is 9.18 Å². The van der Waals surface area contributed by atoms with Gasteiger partial charge in [0.2, 0.25) is 0 Å². The number of nitrogens with one attached hydrogen (secondary N) is 2. The molecule has 70 valence electrons.